The molecule has 0 unspecified atom stereocenters. The molecule has 0 spiro atoms. The van der Waals surface area contributed by atoms with Crippen molar-refractivity contribution in [2.75, 3.05) is 5.32 Å². The van der Waals surface area contributed by atoms with Crippen molar-refractivity contribution in [3.05, 3.63) is 95.7 Å². The molecule has 2 heteroatoms. The summed E-state index contributed by atoms with van der Waals surface area (Å²) >= 11 is 0. The number of anilines is 1. The summed E-state index contributed by atoms with van der Waals surface area (Å²) < 4.78 is 2.36. The van der Waals surface area contributed by atoms with Gasteiger partial charge in [0.2, 0.25) is 0 Å². The van der Waals surface area contributed by atoms with Crippen LogP contribution in [0.3, 0.4) is 0 Å². The topological polar surface area (TPSA) is 17.0 Å². The number of benzene rings is 3. The molecule has 0 bridgehead atoms. The van der Waals surface area contributed by atoms with Gasteiger partial charge in [-0.3, -0.25) is 0 Å². The van der Waals surface area contributed by atoms with E-state index in [9.17, 15) is 0 Å². The Morgan fingerprint density at radius 3 is 2.35 bits per heavy atom. The molecule has 4 rings (SSSR count). The van der Waals surface area contributed by atoms with Crippen molar-refractivity contribution in [1.82, 2.24) is 4.57 Å². The lowest BCUT2D eigenvalue weighted by Crippen LogP contribution is -2.02. The minimum atomic E-state index is 0.846. The van der Waals surface area contributed by atoms with Crippen LogP contribution in [0.4, 0.5) is 5.69 Å². The fourth-order valence-corrected chi connectivity index (χ4v) is 3.51. The summed E-state index contributed by atoms with van der Waals surface area (Å²) in [6, 6.07) is 28.1. The number of para-hydroxylation sites is 1. The monoisotopic (exact) mass is 340 g/mol. The molecule has 1 aromatic heterocycles. The molecule has 0 fully saturated rings. The molecule has 2 nitrogen and oxygen atoms in total. The normalized spacial score (nSPS) is 11.0. The molecule has 0 amide bonds. The van der Waals surface area contributed by atoms with Crippen LogP contribution in [-0.2, 0) is 13.0 Å². The summed E-state index contributed by atoms with van der Waals surface area (Å²) in [6.07, 6.45) is 1.02. The van der Waals surface area contributed by atoms with Crippen LogP contribution in [-0.4, -0.2) is 4.57 Å². The molecule has 0 radical (unpaired) electrons. The maximum atomic E-state index is 3.53. The van der Waals surface area contributed by atoms with Crippen molar-refractivity contribution in [2.45, 2.75) is 26.8 Å². The van der Waals surface area contributed by atoms with Gasteiger partial charge in [0.15, 0.2) is 0 Å². The van der Waals surface area contributed by atoms with Crippen molar-refractivity contribution in [3.8, 4) is 5.69 Å². The predicted molar refractivity (Wildman–Crippen MR) is 111 cm³/mol. The zero-order valence-corrected chi connectivity index (χ0v) is 15.4. The zero-order valence-electron chi connectivity index (χ0n) is 15.4. The standard InChI is InChI=1S/C24H24N2/c1-3-22-16-19-9-6-7-11-24(19)26(22)23-14-12-21(13-15-23)25-17-20-10-5-4-8-18(20)2/h4-16,25H,3,17H2,1-2H3. The molecule has 0 aliphatic heterocycles. The minimum Gasteiger partial charge on any atom is -0.381 e. The Kier molecular flexibility index (Phi) is 4.49. The fourth-order valence-electron chi connectivity index (χ4n) is 3.51. The first-order valence-electron chi connectivity index (χ1n) is 9.24. The Morgan fingerprint density at radius 1 is 0.846 bits per heavy atom. The maximum Gasteiger partial charge on any atom is 0.0531 e. The number of hydrogen-bond donors (Lipinski definition) is 1. The molecular weight excluding hydrogens is 316 g/mol. The summed E-state index contributed by atoms with van der Waals surface area (Å²) in [5.74, 6) is 0. The highest BCUT2D eigenvalue weighted by Crippen LogP contribution is 2.25. The number of aryl methyl sites for hydroxylation is 2. The lowest BCUT2D eigenvalue weighted by atomic mass is 10.1. The van der Waals surface area contributed by atoms with Gasteiger partial charge in [0.05, 0.1) is 5.52 Å². The first-order chi connectivity index (χ1) is 12.8. The third-order valence-electron chi connectivity index (χ3n) is 5.02. The van der Waals surface area contributed by atoms with Gasteiger partial charge in [0.1, 0.15) is 0 Å². The van der Waals surface area contributed by atoms with Gasteiger partial charge in [-0.05, 0) is 60.9 Å². The highest BCUT2D eigenvalue weighted by Gasteiger charge is 2.09. The van der Waals surface area contributed by atoms with Crippen LogP contribution in [0, 0.1) is 6.92 Å². The van der Waals surface area contributed by atoms with Gasteiger partial charge < -0.3 is 9.88 Å². The van der Waals surface area contributed by atoms with E-state index in [0.717, 1.165) is 18.7 Å². The van der Waals surface area contributed by atoms with Crippen molar-refractivity contribution in [2.24, 2.45) is 0 Å². The molecule has 1 N–H and O–H groups in total. The highest BCUT2D eigenvalue weighted by atomic mass is 15.0. The lowest BCUT2D eigenvalue weighted by molar-refractivity contribution is 0.960. The second kappa shape index (κ2) is 7.09. The third-order valence-corrected chi connectivity index (χ3v) is 5.02. The SMILES string of the molecule is CCc1cc2ccccc2n1-c1ccc(NCc2ccccc2C)cc1. The molecule has 4 aromatic rings. The van der Waals surface area contributed by atoms with Gasteiger partial charge in [-0.15, -0.1) is 0 Å². The Bertz CT molecular complexity index is 1030. The van der Waals surface area contributed by atoms with E-state index in [1.54, 1.807) is 0 Å². The van der Waals surface area contributed by atoms with Crippen LogP contribution in [0.5, 0.6) is 0 Å². The minimum absolute atomic E-state index is 0.846. The van der Waals surface area contributed by atoms with Gasteiger partial charge >= 0.3 is 0 Å². The molecule has 1 heterocycles. The largest absolute Gasteiger partial charge is 0.381 e. The van der Waals surface area contributed by atoms with E-state index in [1.807, 2.05) is 0 Å². The van der Waals surface area contributed by atoms with Gasteiger partial charge in [-0.1, -0.05) is 49.4 Å². The van der Waals surface area contributed by atoms with Crippen LogP contribution < -0.4 is 5.32 Å². The average molecular weight is 340 g/mol. The first-order valence-corrected chi connectivity index (χ1v) is 9.24. The van der Waals surface area contributed by atoms with Crippen LogP contribution in [0.1, 0.15) is 23.7 Å². The Balaban J connectivity index is 1.60. The Hall–Kier alpha value is -3.00. The second-order valence-corrected chi connectivity index (χ2v) is 6.71. The molecule has 130 valence electrons. The van der Waals surface area contributed by atoms with Gasteiger partial charge in [-0.25, -0.2) is 0 Å². The van der Waals surface area contributed by atoms with Crippen molar-refractivity contribution < 1.29 is 0 Å². The third kappa shape index (κ3) is 3.11. The van der Waals surface area contributed by atoms with E-state index >= 15 is 0 Å². The number of nitrogens with zero attached hydrogens (tertiary/aromatic N) is 1. The van der Waals surface area contributed by atoms with E-state index in [2.05, 4.69) is 103 Å². The van der Waals surface area contributed by atoms with E-state index < -0.39 is 0 Å². The van der Waals surface area contributed by atoms with E-state index in [0.29, 0.717) is 0 Å². The van der Waals surface area contributed by atoms with Gasteiger partial charge in [-0.2, -0.15) is 0 Å². The quantitative estimate of drug-likeness (QED) is 0.463. The lowest BCUT2D eigenvalue weighted by Gasteiger charge is -2.12. The Labute approximate surface area is 155 Å². The average Bonchev–Trinajstić information content (AvgIpc) is 3.06. The first kappa shape index (κ1) is 16.5. The summed E-state index contributed by atoms with van der Waals surface area (Å²) in [5.41, 5.74) is 7.62. The van der Waals surface area contributed by atoms with E-state index in [-0.39, 0.29) is 0 Å². The summed E-state index contributed by atoms with van der Waals surface area (Å²) in [5, 5.41) is 4.83. The molecule has 0 aliphatic rings. The molecule has 3 aromatic carbocycles. The molecule has 0 aliphatic carbocycles. The summed E-state index contributed by atoms with van der Waals surface area (Å²) in [6.45, 7) is 5.21. The van der Waals surface area contributed by atoms with E-state index in [4.69, 9.17) is 0 Å². The van der Waals surface area contributed by atoms with Crippen molar-refractivity contribution >= 4 is 16.6 Å². The fraction of sp³-hybridized carbons (Fsp3) is 0.167. The smallest absolute Gasteiger partial charge is 0.0531 e. The highest BCUT2D eigenvalue weighted by molar-refractivity contribution is 5.83. The van der Waals surface area contributed by atoms with Crippen molar-refractivity contribution in [1.29, 1.82) is 0 Å². The number of nitrogens with one attached hydrogen (secondary N) is 1. The molecule has 26 heavy (non-hydrogen) atoms. The number of fused-ring (bicyclic) bond motifs is 1. The molecular formula is C24H24N2. The zero-order chi connectivity index (χ0) is 17.9. The molecule has 0 saturated heterocycles. The van der Waals surface area contributed by atoms with Gasteiger partial charge in [0.25, 0.3) is 0 Å². The van der Waals surface area contributed by atoms with Crippen LogP contribution >= 0.6 is 0 Å². The van der Waals surface area contributed by atoms with Gasteiger partial charge in [0, 0.05) is 29.0 Å². The number of aromatic nitrogens is 1. The van der Waals surface area contributed by atoms with Crippen LogP contribution in [0.2, 0.25) is 0 Å². The second-order valence-electron chi connectivity index (χ2n) is 6.71. The number of rotatable bonds is 5. The number of hydrogen-bond acceptors (Lipinski definition) is 1. The molecule has 0 atom stereocenters. The Morgan fingerprint density at radius 2 is 1.58 bits per heavy atom. The van der Waals surface area contributed by atoms with Crippen molar-refractivity contribution in [3.63, 3.8) is 0 Å². The predicted octanol–water partition coefficient (Wildman–Crippen LogP) is 6.11. The summed E-state index contributed by atoms with van der Waals surface area (Å²) in [4.78, 5) is 0. The van der Waals surface area contributed by atoms with Crippen LogP contribution in [0.15, 0.2) is 78.9 Å². The van der Waals surface area contributed by atoms with E-state index in [1.165, 1.54) is 33.4 Å². The van der Waals surface area contributed by atoms with Crippen LogP contribution in [0.25, 0.3) is 16.6 Å². The molecule has 0 saturated carbocycles. The maximum absolute atomic E-state index is 3.53. The summed E-state index contributed by atoms with van der Waals surface area (Å²) in [7, 11) is 0.